The van der Waals surface area contributed by atoms with Crippen molar-refractivity contribution < 1.29 is 4.79 Å². The Bertz CT molecular complexity index is 886. The number of benzene rings is 1. The van der Waals surface area contributed by atoms with E-state index in [4.69, 9.17) is 4.98 Å². The molecule has 0 unspecified atom stereocenters. The molecule has 5 heteroatoms. The van der Waals surface area contributed by atoms with Crippen molar-refractivity contribution in [2.75, 3.05) is 6.54 Å². The van der Waals surface area contributed by atoms with E-state index in [0.717, 1.165) is 47.6 Å². The Hall–Kier alpha value is -1.72. The van der Waals surface area contributed by atoms with Crippen molar-refractivity contribution in [2.24, 2.45) is 0 Å². The molecule has 3 heterocycles. The van der Waals surface area contributed by atoms with Crippen LogP contribution in [0.5, 0.6) is 0 Å². The number of para-hydroxylation sites is 1. The van der Waals surface area contributed by atoms with E-state index in [9.17, 15) is 4.79 Å². The van der Waals surface area contributed by atoms with Crippen LogP contribution in [0.3, 0.4) is 0 Å². The molecule has 1 aliphatic heterocycles. The van der Waals surface area contributed by atoms with Crippen molar-refractivity contribution in [3.63, 3.8) is 0 Å². The molecule has 1 amide bonds. The summed E-state index contributed by atoms with van der Waals surface area (Å²) in [5, 5.41) is 1.09. The van der Waals surface area contributed by atoms with Gasteiger partial charge in [-0.05, 0) is 62.3 Å². The second-order valence-electron chi connectivity index (χ2n) is 6.94. The highest BCUT2D eigenvalue weighted by Gasteiger charge is 2.34. The zero-order valence-electron chi connectivity index (χ0n) is 14.0. The topological polar surface area (TPSA) is 33.2 Å². The first-order chi connectivity index (χ1) is 12.3. The Morgan fingerprint density at radius 2 is 2.00 bits per heavy atom. The second kappa shape index (κ2) is 6.22. The maximum atomic E-state index is 13.2. The zero-order valence-corrected chi connectivity index (χ0v) is 15.7. The lowest BCUT2D eigenvalue weighted by molar-refractivity contribution is 0.0740. The van der Waals surface area contributed by atoms with Gasteiger partial charge in [0.05, 0.1) is 21.1 Å². The summed E-state index contributed by atoms with van der Waals surface area (Å²) in [4.78, 5) is 22.4. The standard InChI is InChI=1S/C20H20N2OS2/c23-20(18-12-13-6-1-3-9-16(13)24-18)22-11-5-8-15(22)19-21-14-7-2-4-10-17(14)25-19/h2,4,7,10,12,15H,1,3,5-6,8-9,11H2/t15-/m1/s1. The Morgan fingerprint density at radius 3 is 2.88 bits per heavy atom. The van der Waals surface area contributed by atoms with E-state index >= 15 is 0 Å². The molecule has 3 nitrogen and oxygen atoms in total. The van der Waals surface area contributed by atoms with Crippen LogP contribution < -0.4 is 0 Å². The number of aromatic nitrogens is 1. The Morgan fingerprint density at radius 1 is 1.12 bits per heavy atom. The highest BCUT2D eigenvalue weighted by molar-refractivity contribution is 7.18. The summed E-state index contributed by atoms with van der Waals surface area (Å²) in [6.07, 6.45) is 6.90. The molecule has 128 valence electrons. The summed E-state index contributed by atoms with van der Waals surface area (Å²) in [5.41, 5.74) is 2.46. The first-order valence-corrected chi connectivity index (χ1v) is 10.7. The average molecular weight is 369 g/mol. The van der Waals surface area contributed by atoms with Gasteiger partial charge in [0.1, 0.15) is 5.01 Å². The Labute approximate surface area is 155 Å². The van der Waals surface area contributed by atoms with Gasteiger partial charge in [-0.1, -0.05) is 12.1 Å². The van der Waals surface area contributed by atoms with Crippen molar-refractivity contribution in [1.29, 1.82) is 0 Å². The van der Waals surface area contributed by atoms with E-state index in [-0.39, 0.29) is 11.9 Å². The van der Waals surface area contributed by atoms with Crippen molar-refractivity contribution in [2.45, 2.75) is 44.6 Å². The van der Waals surface area contributed by atoms with E-state index in [1.807, 2.05) is 6.07 Å². The fourth-order valence-electron chi connectivity index (χ4n) is 4.04. The summed E-state index contributed by atoms with van der Waals surface area (Å²) >= 11 is 3.46. The molecule has 2 aromatic heterocycles. The largest absolute Gasteiger partial charge is 0.328 e. The smallest absolute Gasteiger partial charge is 0.264 e. The fourth-order valence-corrected chi connectivity index (χ4v) is 6.36. The first-order valence-electron chi connectivity index (χ1n) is 9.07. The van der Waals surface area contributed by atoms with Gasteiger partial charge in [-0.15, -0.1) is 22.7 Å². The van der Waals surface area contributed by atoms with Crippen LogP contribution in [0.15, 0.2) is 30.3 Å². The van der Waals surface area contributed by atoms with E-state index < -0.39 is 0 Å². The lowest BCUT2D eigenvalue weighted by Gasteiger charge is -2.22. The quantitative estimate of drug-likeness (QED) is 0.622. The number of carbonyl (C=O) groups excluding carboxylic acids is 1. The van der Waals surface area contributed by atoms with Crippen LogP contribution in [0.4, 0.5) is 0 Å². The monoisotopic (exact) mass is 368 g/mol. The zero-order chi connectivity index (χ0) is 16.8. The Kier molecular flexibility index (Phi) is 3.86. The number of amides is 1. The summed E-state index contributed by atoms with van der Waals surface area (Å²) in [5.74, 6) is 0.209. The van der Waals surface area contributed by atoms with Gasteiger partial charge < -0.3 is 4.90 Å². The van der Waals surface area contributed by atoms with Gasteiger partial charge in [-0.25, -0.2) is 4.98 Å². The number of nitrogens with zero attached hydrogens (tertiary/aromatic N) is 2. The number of hydrogen-bond acceptors (Lipinski definition) is 4. The van der Waals surface area contributed by atoms with Gasteiger partial charge in [0, 0.05) is 11.4 Å². The number of likely N-dealkylation sites (tertiary alicyclic amines) is 1. The molecule has 1 fully saturated rings. The maximum Gasteiger partial charge on any atom is 0.264 e. The average Bonchev–Trinajstić information content (AvgIpc) is 3.36. The molecule has 1 atom stereocenters. The highest BCUT2D eigenvalue weighted by atomic mass is 32.1. The van der Waals surface area contributed by atoms with Crippen molar-refractivity contribution in [3.05, 3.63) is 50.7 Å². The molecule has 0 spiro atoms. The van der Waals surface area contributed by atoms with Gasteiger partial charge in [-0.2, -0.15) is 0 Å². The highest BCUT2D eigenvalue weighted by Crippen LogP contribution is 2.38. The van der Waals surface area contributed by atoms with Gasteiger partial charge in [0.25, 0.3) is 5.91 Å². The number of thiazole rings is 1. The molecule has 0 saturated carbocycles. The second-order valence-corrected chi connectivity index (χ2v) is 9.14. The molecule has 2 aliphatic rings. The number of carbonyl (C=O) groups is 1. The number of fused-ring (bicyclic) bond motifs is 2. The van der Waals surface area contributed by atoms with Crippen LogP contribution >= 0.6 is 22.7 Å². The molecular formula is C20H20N2OS2. The van der Waals surface area contributed by atoms with Crippen LogP contribution in [-0.2, 0) is 12.8 Å². The van der Waals surface area contributed by atoms with Crippen LogP contribution in [0, 0.1) is 0 Å². The molecule has 0 bridgehead atoms. The van der Waals surface area contributed by atoms with Gasteiger partial charge in [-0.3, -0.25) is 4.79 Å². The fraction of sp³-hybridized carbons (Fsp3) is 0.400. The summed E-state index contributed by atoms with van der Waals surface area (Å²) in [6.45, 7) is 0.849. The van der Waals surface area contributed by atoms with Crippen molar-refractivity contribution >= 4 is 38.8 Å². The van der Waals surface area contributed by atoms with E-state index in [0.29, 0.717) is 0 Å². The normalized spacial score (nSPS) is 20.2. The lowest BCUT2D eigenvalue weighted by atomic mass is 9.99. The molecular weight excluding hydrogens is 348 g/mol. The van der Waals surface area contributed by atoms with Crippen LogP contribution in [0.25, 0.3) is 10.2 Å². The lowest BCUT2D eigenvalue weighted by Crippen LogP contribution is -2.29. The number of hydrogen-bond donors (Lipinski definition) is 0. The van der Waals surface area contributed by atoms with Crippen molar-refractivity contribution in [3.8, 4) is 0 Å². The number of rotatable bonds is 2. The van der Waals surface area contributed by atoms with Crippen LogP contribution in [-0.4, -0.2) is 22.3 Å². The first kappa shape index (κ1) is 15.5. The molecule has 0 N–H and O–H groups in total. The maximum absolute atomic E-state index is 13.2. The number of aryl methyl sites for hydroxylation is 2. The van der Waals surface area contributed by atoms with Gasteiger partial charge in [0.15, 0.2) is 0 Å². The predicted octanol–water partition coefficient (Wildman–Crippen LogP) is 5.21. The minimum absolute atomic E-state index is 0.143. The molecule has 5 rings (SSSR count). The minimum atomic E-state index is 0.143. The van der Waals surface area contributed by atoms with Crippen LogP contribution in [0.2, 0.25) is 0 Å². The third-order valence-electron chi connectivity index (χ3n) is 5.32. The third-order valence-corrected chi connectivity index (χ3v) is 7.68. The molecule has 0 radical (unpaired) electrons. The van der Waals surface area contributed by atoms with Gasteiger partial charge >= 0.3 is 0 Å². The summed E-state index contributed by atoms with van der Waals surface area (Å²) < 4.78 is 1.21. The summed E-state index contributed by atoms with van der Waals surface area (Å²) in [6, 6.07) is 10.6. The minimum Gasteiger partial charge on any atom is -0.328 e. The Balaban J connectivity index is 1.45. The van der Waals surface area contributed by atoms with Crippen molar-refractivity contribution in [1.82, 2.24) is 9.88 Å². The molecule has 1 aliphatic carbocycles. The third kappa shape index (κ3) is 2.70. The van der Waals surface area contributed by atoms with E-state index in [2.05, 4.69) is 29.2 Å². The SMILES string of the molecule is O=C(c1cc2c(s1)CCCC2)N1CCC[C@@H]1c1nc2ccccc2s1. The van der Waals surface area contributed by atoms with E-state index in [1.165, 1.54) is 28.0 Å². The number of thiophene rings is 1. The van der Waals surface area contributed by atoms with Crippen LogP contribution in [0.1, 0.15) is 56.8 Å². The molecule has 3 aromatic rings. The molecule has 25 heavy (non-hydrogen) atoms. The molecule has 1 saturated heterocycles. The predicted molar refractivity (Wildman–Crippen MR) is 104 cm³/mol. The van der Waals surface area contributed by atoms with E-state index in [1.54, 1.807) is 22.7 Å². The molecule has 1 aromatic carbocycles. The summed E-state index contributed by atoms with van der Waals surface area (Å²) in [7, 11) is 0. The van der Waals surface area contributed by atoms with Gasteiger partial charge in [0.2, 0.25) is 0 Å².